The molecule has 2 aromatic carbocycles. The Morgan fingerprint density at radius 1 is 1.07 bits per heavy atom. The van der Waals surface area contributed by atoms with E-state index in [1.54, 1.807) is 13.2 Å². The van der Waals surface area contributed by atoms with Gasteiger partial charge in [0.2, 0.25) is 0 Å². The summed E-state index contributed by atoms with van der Waals surface area (Å²) >= 11 is 0. The second-order valence-electron chi connectivity index (χ2n) is 8.47. The normalized spacial score (nSPS) is 17.9. The van der Waals surface area contributed by atoms with Gasteiger partial charge in [-0.3, -0.25) is 9.69 Å². The first kappa shape index (κ1) is 20.7. The summed E-state index contributed by atoms with van der Waals surface area (Å²) in [5.74, 6) is 0.655. The summed E-state index contributed by atoms with van der Waals surface area (Å²) in [5, 5.41) is 3.19. The van der Waals surface area contributed by atoms with E-state index in [9.17, 15) is 4.79 Å². The van der Waals surface area contributed by atoms with Crippen LogP contribution in [-0.4, -0.2) is 51.1 Å². The third-order valence-electron chi connectivity index (χ3n) is 6.46. The molecule has 0 spiro atoms. The van der Waals surface area contributed by atoms with Gasteiger partial charge in [-0.2, -0.15) is 0 Å². The van der Waals surface area contributed by atoms with Gasteiger partial charge in [0.1, 0.15) is 5.75 Å². The third kappa shape index (κ3) is 4.62. The molecule has 30 heavy (non-hydrogen) atoms. The summed E-state index contributed by atoms with van der Waals surface area (Å²) < 4.78 is 5.26. The number of carbonyl (C=O) groups is 1. The Morgan fingerprint density at radius 2 is 1.90 bits per heavy atom. The van der Waals surface area contributed by atoms with Gasteiger partial charge in [-0.25, -0.2) is 0 Å². The number of aryl methyl sites for hydroxylation is 1. The Hall–Kier alpha value is -2.53. The lowest BCUT2D eigenvalue weighted by atomic mass is 9.95. The zero-order valence-corrected chi connectivity index (χ0v) is 18.2. The van der Waals surface area contributed by atoms with E-state index in [4.69, 9.17) is 4.74 Å². The number of rotatable bonds is 6. The average molecular weight is 408 g/mol. The number of hydrogen-bond acceptors (Lipinski definition) is 4. The highest BCUT2D eigenvalue weighted by Crippen LogP contribution is 2.31. The molecule has 5 nitrogen and oxygen atoms in total. The third-order valence-corrected chi connectivity index (χ3v) is 6.46. The largest absolute Gasteiger partial charge is 0.497 e. The van der Waals surface area contributed by atoms with Gasteiger partial charge in [-0.05, 0) is 74.2 Å². The molecular formula is C25H33N3O2. The maximum Gasteiger partial charge on any atom is 0.251 e. The number of likely N-dealkylation sites (tertiary alicyclic amines) is 1. The molecule has 1 saturated heterocycles. The van der Waals surface area contributed by atoms with Gasteiger partial charge in [0.05, 0.1) is 13.2 Å². The van der Waals surface area contributed by atoms with Gasteiger partial charge >= 0.3 is 0 Å². The van der Waals surface area contributed by atoms with E-state index in [1.807, 2.05) is 18.2 Å². The standard InChI is InChI=1S/C25H33N3O2/c1-27-13-7-9-19-16-20(11-12-23(19)27)24(28-14-4-3-5-15-28)18-26-25(29)21-8-6-10-22(17-21)30-2/h6,8,10-12,16-17,24H,3-5,7,9,13-15,18H2,1-2H3,(H,26,29). The van der Waals surface area contributed by atoms with E-state index in [-0.39, 0.29) is 11.9 Å². The Labute approximate surface area is 180 Å². The molecule has 2 heterocycles. The predicted molar refractivity (Wildman–Crippen MR) is 122 cm³/mol. The lowest BCUT2D eigenvalue weighted by Gasteiger charge is -2.36. The summed E-state index contributed by atoms with van der Waals surface area (Å²) in [7, 11) is 3.80. The zero-order chi connectivity index (χ0) is 20.9. The van der Waals surface area contributed by atoms with Crippen molar-refractivity contribution >= 4 is 11.6 Å². The first-order valence-corrected chi connectivity index (χ1v) is 11.2. The van der Waals surface area contributed by atoms with Gasteiger partial charge in [-0.15, -0.1) is 0 Å². The molecule has 2 aromatic rings. The minimum absolute atomic E-state index is 0.0476. The molecule has 0 bridgehead atoms. The molecule has 0 aliphatic carbocycles. The second-order valence-corrected chi connectivity index (χ2v) is 8.47. The van der Waals surface area contributed by atoms with E-state index < -0.39 is 0 Å². The molecule has 0 radical (unpaired) electrons. The van der Waals surface area contributed by atoms with Crippen LogP contribution in [0.1, 0.15) is 53.2 Å². The molecule has 0 saturated carbocycles. The minimum atomic E-state index is -0.0476. The molecule has 2 aliphatic heterocycles. The van der Waals surface area contributed by atoms with Crippen LogP contribution in [0.5, 0.6) is 5.75 Å². The van der Waals surface area contributed by atoms with Crippen LogP contribution in [0.15, 0.2) is 42.5 Å². The fourth-order valence-electron chi connectivity index (χ4n) is 4.76. The number of benzene rings is 2. The van der Waals surface area contributed by atoms with Crippen molar-refractivity contribution in [1.82, 2.24) is 10.2 Å². The van der Waals surface area contributed by atoms with Crippen molar-refractivity contribution in [1.29, 1.82) is 0 Å². The number of methoxy groups -OCH3 is 1. The molecular weight excluding hydrogens is 374 g/mol. The number of hydrogen-bond donors (Lipinski definition) is 1. The van der Waals surface area contributed by atoms with Crippen LogP contribution in [0.2, 0.25) is 0 Å². The number of nitrogens with zero attached hydrogens (tertiary/aromatic N) is 2. The van der Waals surface area contributed by atoms with Crippen molar-refractivity contribution < 1.29 is 9.53 Å². The first-order chi connectivity index (χ1) is 14.7. The van der Waals surface area contributed by atoms with Crippen molar-refractivity contribution in [2.75, 3.05) is 45.2 Å². The smallest absolute Gasteiger partial charge is 0.251 e. The maximum atomic E-state index is 12.8. The van der Waals surface area contributed by atoms with Crippen molar-refractivity contribution in [3.8, 4) is 5.75 Å². The average Bonchev–Trinajstić information content (AvgIpc) is 2.80. The Bertz CT molecular complexity index is 876. The van der Waals surface area contributed by atoms with Gasteiger partial charge in [0.15, 0.2) is 0 Å². The highest BCUT2D eigenvalue weighted by molar-refractivity contribution is 5.94. The number of amides is 1. The van der Waals surface area contributed by atoms with E-state index in [0.29, 0.717) is 17.9 Å². The lowest BCUT2D eigenvalue weighted by Crippen LogP contribution is -2.40. The molecule has 1 amide bonds. The van der Waals surface area contributed by atoms with Crippen LogP contribution in [0.25, 0.3) is 0 Å². The first-order valence-electron chi connectivity index (χ1n) is 11.2. The summed E-state index contributed by atoms with van der Waals surface area (Å²) in [5.41, 5.74) is 4.74. The van der Waals surface area contributed by atoms with Crippen molar-refractivity contribution in [2.24, 2.45) is 0 Å². The van der Waals surface area contributed by atoms with Crippen LogP contribution in [0, 0.1) is 0 Å². The number of fused-ring (bicyclic) bond motifs is 1. The van der Waals surface area contributed by atoms with Gasteiger partial charge in [-0.1, -0.05) is 24.6 Å². The molecule has 1 atom stereocenters. The van der Waals surface area contributed by atoms with Crippen LogP contribution in [-0.2, 0) is 6.42 Å². The molecule has 4 rings (SSSR count). The van der Waals surface area contributed by atoms with Gasteiger partial charge in [0.25, 0.3) is 5.91 Å². The van der Waals surface area contributed by atoms with E-state index >= 15 is 0 Å². The Kier molecular flexibility index (Phi) is 6.58. The highest BCUT2D eigenvalue weighted by Gasteiger charge is 2.25. The van der Waals surface area contributed by atoms with Crippen LogP contribution in [0.3, 0.4) is 0 Å². The number of nitrogens with one attached hydrogen (secondary N) is 1. The lowest BCUT2D eigenvalue weighted by molar-refractivity contribution is 0.0924. The summed E-state index contributed by atoms with van der Waals surface area (Å²) in [6.07, 6.45) is 6.10. The monoisotopic (exact) mass is 407 g/mol. The van der Waals surface area contributed by atoms with Crippen molar-refractivity contribution in [3.05, 3.63) is 59.2 Å². The van der Waals surface area contributed by atoms with Crippen molar-refractivity contribution in [2.45, 2.75) is 38.1 Å². The van der Waals surface area contributed by atoms with Crippen molar-refractivity contribution in [3.63, 3.8) is 0 Å². The fourth-order valence-corrected chi connectivity index (χ4v) is 4.76. The number of ether oxygens (including phenoxy) is 1. The number of anilines is 1. The predicted octanol–water partition coefficient (Wildman–Crippen LogP) is 4.03. The highest BCUT2D eigenvalue weighted by atomic mass is 16.5. The van der Waals surface area contributed by atoms with Gasteiger partial charge in [0, 0.05) is 31.4 Å². The fraction of sp³-hybridized carbons (Fsp3) is 0.480. The van der Waals surface area contributed by atoms with E-state index in [2.05, 4.69) is 40.4 Å². The molecule has 1 fully saturated rings. The summed E-state index contributed by atoms with van der Waals surface area (Å²) in [4.78, 5) is 17.7. The molecule has 160 valence electrons. The zero-order valence-electron chi connectivity index (χ0n) is 18.2. The molecule has 1 unspecified atom stereocenters. The molecule has 0 aromatic heterocycles. The molecule has 2 aliphatic rings. The van der Waals surface area contributed by atoms with Gasteiger partial charge < -0.3 is 15.0 Å². The SMILES string of the molecule is COc1cccc(C(=O)NCC(c2ccc3c(c2)CCCN3C)N2CCCCC2)c1. The van der Waals surface area contributed by atoms with E-state index in [0.717, 1.165) is 26.1 Å². The molecule has 5 heteroatoms. The van der Waals surface area contributed by atoms with E-state index in [1.165, 1.54) is 42.5 Å². The maximum absolute atomic E-state index is 12.8. The number of piperidine rings is 1. The van der Waals surface area contributed by atoms with Crippen LogP contribution >= 0.6 is 0 Å². The summed E-state index contributed by atoms with van der Waals surface area (Å²) in [6, 6.07) is 14.5. The second kappa shape index (κ2) is 9.52. The Morgan fingerprint density at radius 3 is 2.70 bits per heavy atom. The molecule has 1 N–H and O–H groups in total. The Balaban J connectivity index is 1.53. The quantitative estimate of drug-likeness (QED) is 0.785. The summed E-state index contributed by atoms with van der Waals surface area (Å²) in [6.45, 7) is 3.93. The van der Waals surface area contributed by atoms with Crippen LogP contribution in [0.4, 0.5) is 5.69 Å². The minimum Gasteiger partial charge on any atom is -0.497 e. The number of carbonyl (C=O) groups excluding carboxylic acids is 1. The van der Waals surface area contributed by atoms with Crippen LogP contribution < -0.4 is 15.0 Å². The topological polar surface area (TPSA) is 44.8 Å².